The Balaban J connectivity index is 1.72. The highest BCUT2D eigenvalue weighted by atomic mass is 35.5. The van der Waals surface area contributed by atoms with Gasteiger partial charge in [0.2, 0.25) is 0 Å². The highest BCUT2D eigenvalue weighted by Gasteiger charge is 2.14. The molecule has 3 aromatic rings. The number of furan rings is 1. The fourth-order valence-corrected chi connectivity index (χ4v) is 3.29. The number of hydrogen-bond donors (Lipinski definition) is 3. The van der Waals surface area contributed by atoms with Crippen molar-refractivity contribution in [1.29, 1.82) is 0 Å². The number of nitrogens with one attached hydrogen (secondary N) is 2. The van der Waals surface area contributed by atoms with Crippen molar-refractivity contribution in [3.05, 3.63) is 69.9 Å². The number of ether oxygens (including phenoxy) is 1. The monoisotopic (exact) mass is 450 g/mol. The van der Waals surface area contributed by atoms with Crippen LogP contribution in [0.3, 0.4) is 0 Å². The Morgan fingerprint density at radius 3 is 2.62 bits per heavy atom. The Bertz CT molecular complexity index is 1070. The van der Waals surface area contributed by atoms with Gasteiger partial charge in [0.15, 0.2) is 5.11 Å². The van der Waals surface area contributed by atoms with Gasteiger partial charge in [0, 0.05) is 16.8 Å². The number of carbonyl (C=O) groups is 1. The van der Waals surface area contributed by atoms with E-state index in [4.69, 9.17) is 49.7 Å². The van der Waals surface area contributed by atoms with Gasteiger partial charge in [-0.05, 0) is 54.7 Å². The van der Waals surface area contributed by atoms with Crippen LogP contribution in [0.15, 0.2) is 52.9 Å². The number of aliphatic hydroxyl groups excluding tert-OH is 1. The highest BCUT2D eigenvalue weighted by Crippen LogP contribution is 2.33. The third-order valence-electron chi connectivity index (χ3n) is 3.95. The van der Waals surface area contributed by atoms with Crippen molar-refractivity contribution in [2.45, 2.75) is 6.61 Å². The van der Waals surface area contributed by atoms with Crippen LogP contribution in [0.5, 0.6) is 5.75 Å². The van der Waals surface area contributed by atoms with Crippen molar-refractivity contribution in [3.8, 4) is 17.1 Å². The second-order valence-corrected chi connectivity index (χ2v) is 7.12. The van der Waals surface area contributed by atoms with Gasteiger partial charge in [0.1, 0.15) is 23.9 Å². The minimum Gasteiger partial charge on any atom is -0.496 e. The summed E-state index contributed by atoms with van der Waals surface area (Å²) in [6.45, 7) is -0.187. The molecule has 1 amide bonds. The average Bonchev–Trinajstić information content (AvgIpc) is 3.16. The average molecular weight is 451 g/mol. The van der Waals surface area contributed by atoms with Crippen LogP contribution in [-0.4, -0.2) is 23.2 Å². The molecule has 3 rings (SSSR count). The first-order chi connectivity index (χ1) is 13.9. The summed E-state index contributed by atoms with van der Waals surface area (Å²) in [5.41, 5.74) is 1.57. The van der Waals surface area contributed by atoms with Gasteiger partial charge in [-0.15, -0.1) is 0 Å². The number of amides is 1. The lowest BCUT2D eigenvalue weighted by Gasteiger charge is -2.13. The van der Waals surface area contributed by atoms with Gasteiger partial charge in [0.25, 0.3) is 5.91 Å². The maximum Gasteiger partial charge on any atom is 0.258 e. The molecule has 0 radical (unpaired) electrons. The van der Waals surface area contributed by atoms with Crippen LogP contribution in [0.25, 0.3) is 11.3 Å². The number of hydrogen-bond acceptors (Lipinski definition) is 5. The summed E-state index contributed by atoms with van der Waals surface area (Å²) in [7, 11) is 1.53. The van der Waals surface area contributed by atoms with E-state index in [0.717, 1.165) is 0 Å². The zero-order chi connectivity index (χ0) is 21.0. The van der Waals surface area contributed by atoms with Crippen LogP contribution < -0.4 is 15.4 Å². The summed E-state index contributed by atoms with van der Waals surface area (Å²) in [5.74, 6) is 1.09. The summed E-state index contributed by atoms with van der Waals surface area (Å²) >= 11 is 17.1. The van der Waals surface area contributed by atoms with E-state index in [2.05, 4.69) is 10.6 Å². The van der Waals surface area contributed by atoms with Crippen molar-refractivity contribution in [3.63, 3.8) is 0 Å². The van der Waals surface area contributed by atoms with Gasteiger partial charge < -0.3 is 19.6 Å². The van der Waals surface area contributed by atoms with Crippen molar-refractivity contribution in [1.82, 2.24) is 5.32 Å². The van der Waals surface area contributed by atoms with Crippen LogP contribution in [0, 0.1) is 0 Å². The van der Waals surface area contributed by atoms with Crippen LogP contribution in [-0.2, 0) is 6.61 Å². The molecular formula is C20H16Cl2N2O4S. The molecule has 0 aliphatic rings. The minimum atomic E-state index is -0.458. The molecular weight excluding hydrogens is 435 g/mol. The first-order valence-electron chi connectivity index (χ1n) is 8.36. The number of carbonyl (C=O) groups excluding carboxylic acids is 1. The molecule has 6 nitrogen and oxygen atoms in total. The maximum absolute atomic E-state index is 12.3. The van der Waals surface area contributed by atoms with Crippen LogP contribution >= 0.6 is 35.4 Å². The smallest absolute Gasteiger partial charge is 0.258 e. The van der Waals surface area contributed by atoms with Crippen LogP contribution in [0.2, 0.25) is 10.0 Å². The quantitative estimate of drug-likeness (QED) is 0.480. The van der Waals surface area contributed by atoms with Gasteiger partial charge in [0.05, 0.1) is 23.3 Å². The molecule has 29 heavy (non-hydrogen) atoms. The van der Waals surface area contributed by atoms with Crippen molar-refractivity contribution in [2.24, 2.45) is 0 Å². The number of halogens is 2. The number of rotatable bonds is 5. The number of benzene rings is 2. The Hall–Kier alpha value is -2.58. The van der Waals surface area contributed by atoms with Crippen LogP contribution in [0.1, 0.15) is 16.1 Å². The van der Waals surface area contributed by atoms with E-state index in [1.165, 1.54) is 19.2 Å². The largest absolute Gasteiger partial charge is 0.496 e. The summed E-state index contributed by atoms with van der Waals surface area (Å²) in [6.07, 6.45) is 0. The molecule has 150 valence electrons. The normalized spacial score (nSPS) is 10.5. The fourth-order valence-electron chi connectivity index (χ4n) is 2.59. The van der Waals surface area contributed by atoms with E-state index in [-0.39, 0.29) is 22.3 Å². The summed E-state index contributed by atoms with van der Waals surface area (Å²) < 4.78 is 11.0. The molecule has 3 N–H and O–H groups in total. The molecule has 0 aliphatic carbocycles. The van der Waals surface area contributed by atoms with E-state index < -0.39 is 5.91 Å². The van der Waals surface area contributed by atoms with E-state index in [0.29, 0.717) is 33.5 Å². The second kappa shape index (κ2) is 9.28. The Labute approximate surface area is 182 Å². The Morgan fingerprint density at radius 2 is 1.97 bits per heavy atom. The molecule has 0 saturated carbocycles. The maximum atomic E-state index is 12.3. The Kier molecular flexibility index (Phi) is 6.76. The second-order valence-electron chi connectivity index (χ2n) is 5.87. The number of methoxy groups -OCH3 is 1. The van der Waals surface area contributed by atoms with Crippen molar-refractivity contribution in [2.75, 3.05) is 12.4 Å². The molecule has 2 aromatic carbocycles. The molecule has 1 heterocycles. The number of aliphatic hydroxyl groups is 1. The topological polar surface area (TPSA) is 83.7 Å². The molecule has 9 heteroatoms. The molecule has 0 spiro atoms. The first kappa shape index (κ1) is 21.1. The molecule has 0 fully saturated rings. The fraction of sp³-hybridized carbons (Fsp3) is 0.100. The van der Waals surface area contributed by atoms with Crippen molar-refractivity contribution >= 4 is 52.1 Å². The lowest BCUT2D eigenvalue weighted by atomic mass is 10.1. The van der Waals surface area contributed by atoms with Gasteiger partial charge in [-0.1, -0.05) is 23.2 Å². The third kappa shape index (κ3) is 5.07. The molecule has 0 bridgehead atoms. The lowest BCUT2D eigenvalue weighted by Crippen LogP contribution is -2.34. The molecule has 0 aliphatic heterocycles. The first-order valence-corrected chi connectivity index (χ1v) is 9.53. The highest BCUT2D eigenvalue weighted by molar-refractivity contribution is 7.80. The van der Waals surface area contributed by atoms with Gasteiger partial charge in [-0.2, -0.15) is 0 Å². The summed E-state index contributed by atoms with van der Waals surface area (Å²) in [5, 5.41) is 15.4. The van der Waals surface area contributed by atoms with E-state index >= 15 is 0 Å². The van der Waals surface area contributed by atoms with Gasteiger partial charge in [-0.3, -0.25) is 10.1 Å². The summed E-state index contributed by atoms with van der Waals surface area (Å²) in [4.78, 5) is 12.3. The van der Waals surface area contributed by atoms with E-state index in [1.807, 2.05) is 0 Å². The van der Waals surface area contributed by atoms with Crippen LogP contribution in [0.4, 0.5) is 5.69 Å². The molecule has 0 saturated heterocycles. The van der Waals surface area contributed by atoms with Gasteiger partial charge >= 0.3 is 0 Å². The van der Waals surface area contributed by atoms with Gasteiger partial charge in [-0.25, -0.2) is 0 Å². The standard InChI is InChI=1S/C20H16Cl2N2O4S/c1-27-18-9-12(3-6-15(18)17-7-4-13(10-25)28-17)23-20(29)24-19(26)14-5-2-11(21)8-16(14)22/h2-9,25H,10H2,1H3,(H2,23,24,26,29). The Morgan fingerprint density at radius 1 is 1.17 bits per heavy atom. The van der Waals surface area contributed by atoms with Crippen molar-refractivity contribution < 1.29 is 19.1 Å². The zero-order valence-electron chi connectivity index (χ0n) is 15.2. The predicted molar refractivity (Wildman–Crippen MR) is 117 cm³/mol. The van der Waals surface area contributed by atoms with E-state index in [1.54, 1.807) is 36.4 Å². The molecule has 0 unspecified atom stereocenters. The lowest BCUT2D eigenvalue weighted by molar-refractivity contribution is 0.0978. The third-order valence-corrected chi connectivity index (χ3v) is 4.70. The minimum absolute atomic E-state index is 0.0939. The number of anilines is 1. The molecule has 0 atom stereocenters. The SMILES string of the molecule is COc1cc(NC(=S)NC(=O)c2ccc(Cl)cc2Cl)ccc1-c1ccc(CO)o1. The van der Waals surface area contributed by atoms with E-state index in [9.17, 15) is 4.79 Å². The summed E-state index contributed by atoms with van der Waals surface area (Å²) in [6, 6.07) is 13.3. The zero-order valence-corrected chi connectivity index (χ0v) is 17.5. The predicted octanol–water partition coefficient (Wildman–Crippen LogP) is 4.88. The molecule has 1 aromatic heterocycles. The number of thiocarbonyl (C=S) groups is 1.